The Hall–Kier alpha value is -3.90. The van der Waals surface area contributed by atoms with E-state index in [2.05, 4.69) is 25.9 Å². The van der Waals surface area contributed by atoms with Crippen LogP contribution in [0.1, 0.15) is 21.7 Å². The monoisotopic (exact) mass is 443 g/mol. The van der Waals surface area contributed by atoms with Crippen molar-refractivity contribution in [2.75, 3.05) is 16.0 Å². The van der Waals surface area contributed by atoms with Crippen molar-refractivity contribution in [2.45, 2.75) is 13.8 Å². The molecule has 2 aromatic carbocycles. The summed E-state index contributed by atoms with van der Waals surface area (Å²) in [6.45, 7) is 3.79. The lowest BCUT2D eigenvalue weighted by Crippen LogP contribution is -2.12. The minimum absolute atomic E-state index is 0.198. The number of aromatic nitrogens is 2. The summed E-state index contributed by atoms with van der Waals surface area (Å²) in [7, 11) is 0. The Labute approximate surface area is 191 Å². The van der Waals surface area contributed by atoms with E-state index in [0.29, 0.717) is 16.3 Å². The Morgan fingerprint density at radius 3 is 2.28 bits per heavy atom. The number of rotatable bonds is 6. The molecule has 0 radical (unpaired) electrons. The molecular formula is C25H22ClN5O. The number of anilines is 5. The largest absolute Gasteiger partial charge is 0.355 e. The summed E-state index contributed by atoms with van der Waals surface area (Å²) < 4.78 is 0. The topological polar surface area (TPSA) is 78.9 Å². The van der Waals surface area contributed by atoms with Crippen molar-refractivity contribution < 1.29 is 4.79 Å². The van der Waals surface area contributed by atoms with Gasteiger partial charge in [-0.25, -0.2) is 0 Å². The Morgan fingerprint density at radius 1 is 0.781 bits per heavy atom. The van der Waals surface area contributed by atoms with E-state index in [1.165, 1.54) is 0 Å². The van der Waals surface area contributed by atoms with Gasteiger partial charge >= 0.3 is 0 Å². The highest BCUT2D eigenvalue weighted by Crippen LogP contribution is 2.27. The number of amides is 1. The lowest BCUT2D eigenvalue weighted by Gasteiger charge is -2.12. The molecule has 32 heavy (non-hydrogen) atoms. The highest BCUT2D eigenvalue weighted by molar-refractivity contribution is 6.33. The van der Waals surface area contributed by atoms with Gasteiger partial charge in [0.15, 0.2) is 0 Å². The van der Waals surface area contributed by atoms with E-state index >= 15 is 0 Å². The Morgan fingerprint density at radius 2 is 1.50 bits per heavy atom. The zero-order chi connectivity index (χ0) is 22.5. The van der Waals surface area contributed by atoms with Gasteiger partial charge in [0.2, 0.25) is 0 Å². The predicted molar refractivity (Wildman–Crippen MR) is 130 cm³/mol. The van der Waals surface area contributed by atoms with Gasteiger partial charge in [-0.2, -0.15) is 0 Å². The number of halogens is 1. The summed E-state index contributed by atoms with van der Waals surface area (Å²) in [6.07, 6.45) is 3.45. The minimum atomic E-state index is -0.198. The summed E-state index contributed by atoms with van der Waals surface area (Å²) in [5.74, 6) is -0.198. The van der Waals surface area contributed by atoms with E-state index in [4.69, 9.17) is 11.6 Å². The van der Waals surface area contributed by atoms with E-state index in [9.17, 15) is 4.79 Å². The van der Waals surface area contributed by atoms with Crippen LogP contribution >= 0.6 is 11.6 Å². The molecule has 0 fully saturated rings. The highest BCUT2D eigenvalue weighted by Gasteiger charge is 2.09. The SMILES string of the molecule is Cc1cc(Nc2ccc(NC(=O)c3cccc(Nc4ccnc(C)c4Cl)c3)cc2)ccn1. The van der Waals surface area contributed by atoms with Crippen molar-refractivity contribution >= 4 is 45.9 Å². The average molecular weight is 444 g/mol. The number of benzene rings is 2. The van der Waals surface area contributed by atoms with Crippen molar-refractivity contribution in [3.05, 3.63) is 101 Å². The first-order chi connectivity index (χ1) is 15.5. The molecule has 0 saturated heterocycles. The van der Waals surface area contributed by atoms with Crippen LogP contribution in [0.25, 0.3) is 0 Å². The molecule has 3 N–H and O–H groups in total. The van der Waals surface area contributed by atoms with Crippen LogP contribution in [-0.2, 0) is 0 Å². The van der Waals surface area contributed by atoms with Gasteiger partial charge in [-0.15, -0.1) is 0 Å². The maximum Gasteiger partial charge on any atom is 0.255 e. The Balaban J connectivity index is 1.42. The molecule has 0 spiro atoms. The van der Waals surface area contributed by atoms with Crippen molar-refractivity contribution in [3.63, 3.8) is 0 Å². The minimum Gasteiger partial charge on any atom is -0.355 e. The van der Waals surface area contributed by atoms with Gasteiger partial charge < -0.3 is 16.0 Å². The van der Waals surface area contributed by atoms with Crippen LogP contribution in [0.5, 0.6) is 0 Å². The van der Waals surface area contributed by atoms with Gasteiger partial charge in [0.05, 0.1) is 16.4 Å². The first-order valence-electron chi connectivity index (χ1n) is 10.1. The number of carbonyl (C=O) groups excluding carboxylic acids is 1. The molecule has 2 aromatic heterocycles. The summed E-state index contributed by atoms with van der Waals surface area (Å²) >= 11 is 6.31. The third kappa shape index (κ3) is 5.22. The molecule has 160 valence electrons. The van der Waals surface area contributed by atoms with E-state index in [1.807, 2.05) is 62.4 Å². The second-order valence-corrected chi connectivity index (χ2v) is 7.68. The Bertz CT molecular complexity index is 1260. The molecule has 6 nitrogen and oxygen atoms in total. The molecule has 2 heterocycles. The standard InChI is InChI=1S/C25H22ClN5O/c1-16-14-22(10-12-27-16)29-19-6-8-20(9-7-19)31-25(32)18-4-3-5-21(15-18)30-23-11-13-28-17(2)24(23)26/h3-15H,1-2H3,(H,27,29)(H,28,30)(H,31,32). The van der Waals surface area contributed by atoms with Crippen molar-refractivity contribution in [1.29, 1.82) is 0 Å². The molecular weight excluding hydrogens is 422 g/mol. The summed E-state index contributed by atoms with van der Waals surface area (Å²) in [6, 6.07) is 20.5. The molecule has 0 atom stereocenters. The van der Waals surface area contributed by atoms with Gasteiger partial charge in [0, 0.05) is 46.4 Å². The van der Waals surface area contributed by atoms with Gasteiger partial charge in [0.25, 0.3) is 5.91 Å². The quantitative estimate of drug-likeness (QED) is 0.317. The van der Waals surface area contributed by atoms with Gasteiger partial charge in [0.1, 0.15) is 0 Å². The third-order valence-corrected chi connectivity index (χ3v) is 5.27. The number of pyridine rings is 2. The van der Waals surface area contributed by atoms with Crippen LogP contribution in [-0.4, -0.2) is 15.9 Å². The van der Waals surface area contributed by atoms with Gasteiger partial charge in [-0.1, -0.05) is 17.7 Å². The van der Waals surface area contributed by atoms with Crippen LogP contribution in [0.15, 0.2) is 79.1 Å². The smallest absolute Gasteiger partial charge is 0.255 e. The van der Waals surface area contributed by atoms with Crippen LogP contribution in [0.2, 0.25) is 5.02 Å². The first-order valence-corrected chi connectivity index (χ1v) is 10.4. The molecule has 0 saturated carbocycles. The van der Waals surface area contributed by atoms with Crippen LogP contribution in [0.4, 0.5) is 28.4 Å². The van der Waals surface area contributed by atoms with Crippen LogP contribution < -0.4 is 16.0 Å². The summed E-state index contributed by atoms with van der Waals surface area (Å²) in [4.78, 5) is 21.1. The van der Waals surface area contributed by atoms with Crippen molar-refractivity contribution in [2.24, 2.45) is 0 Å². The van der Waals surface area contributed by atoms with Crippen LogP contribution in [0.3, 0.4) is 0 Å². The molecule has 7 heteroatoms. The van der Waals surface area contributed by atoms with Crippen molar-refractivity contribution in [3.8, 4) is 0 Å². The second kappa shape index (κ2) is 9.49. The zero-order valence-corrected chi connectivity index (χ0v) is 18.4. The van der Waals surface area contributed by atoms with E-state index < -0.39 is 0 Å². The molecule has 0 aliphatic carbocycles. The fraction of sp³-hybridized carbons (Fsp3) is 0.0800. The lowest BCUT2D eigenvalue weighted by molar-refractivity contribution is 0.102. The predicted octanol–water partition coefficient (Wildman–Crippen LogP) is 6.49. The molecule has 1 amide bonds. The lowest BCUT2D eigenvalue weighted by atomic mass is 10.1. The average Bonchev–Trinajstić information content (AvgIpc) is 2.78. The number of hydrogen-bond acceptors (Lipinski definition) is 5. The number of aryl methyl sites for hydroxylation is 2. The number of hydrogen-bond donors (Lipinski definition) is 3. The van der Waals surface area contributed by atoms with E-state index in [-0.39, 0.29) is 5.91 Å². The normalized spacial score (nSPS) is 10.5. The fourth-order valence-electron chi connectivity index (χ4n) is 3.17. The maximum atomic E-state index is 12.8. The first kappa shape index (κ1) is 21.3. The van der Waals surface area contributed by atoms with E-state index in [1.54, 1.807) is 30.6 Å². The number of carbonyl (C=O) groups is 1. The van der Waals surface area contributed by atoms with Gasteiger partial charge in [-0.05, 0) is 74.5 Å². The molecule has 4 aromatic rings. The summed E-state index contributed by atoms with van der Waals surface area (Å²) in [5, 5.41) is 10.0. The highest BCUT2D eigenvalue weighted by atomic mass is 35.5. The molecule has 0 aliphatic rings. The molecule has 0 unspecified atom stereocenters. The van der Waals surface area contributed by atoms with Crippen LogP contribution in [0, 0.1) is 13.8 Å². The molecule has 0 bridgehead atoms. The second-order valence-electron chi connectivity index (χ2n) is 7.31. The maximum absolute atomic E-state index is 12.8. The summed E-state index contributed by atoms with van der Waals surface area (Å²) in [5.41, 5.74) is 6.30. The Kier molecular flexibility index (Phi) is 6.33. The third-order valence-electron chi connectivity index (χ3n) is 4.80. The molecule has 0 aliphatic heterocycles. The van der Waals surface area contributed by atoms with E-state index in [0.717, 1.165) is 34.1 Å². The van der Waals surface area contributed by atoms with Gasteiger partial charge in [-0.3, -0.25) is 14.8 Å². The number of nitrogens with zero attached hydrogens (tertiary/aromatic N) is 2. The fourth-order valence-corrected chi connectivity index (χ4v) is 3.33. The molecule has 4 rings (SSSR count). The zero-order valence-electron chi connectivity index (χ0n) is 17.7. The van der Waals surface area contributed by atoms with Crippen molar-refractivity contribution in [1.82, 2.24) is 9.97 Å². The number of nitrogens with one attached hydrogen (secondary N) is 3.